The number of esters is 1. The van der Waals surface area contributed by atoms with E-state index in [1.165, 1.54) is 5.56 Å². The number of aliphatic hydroxyl groups is 2. The van der Waals surface area contributed by atoms with Gasteiger partial charge >= 0.3 is 48.3 Å². The molecular weight excluding hydrogens is 1290 g/mol. The van der Waals surface area contributed by atoms with Crippen LogP contribution in [0.1, 0.15) is 199 Å². The first-order valence-electron chi connectivity index (χ1n) is 33.2. The fourth-order valence-corrected chi connectivity index (χ4v) is 18.8. The molecule has 26 heteroatoms. The van der Waals surface area contributed by atoms with Crippen molar-refractivity contribution in [1.82, 2.24) is 10.6 Å². The standard InChI is InChI=1S/C36H52F5NO6S.C32H44F5NO6S/c1-21(2)30(31(44)48-33(3,4)5)42-32(45)47-24-10-11-25-23(20-24)19-22(29-26(25)14-16-34(6)27(29)12-13-28(34)43)9-7-17-49(46)18-8-15-35(37,38)36(39,40)41;1-18(2)27(28(40)41)38-29(42)44-21-7-8-22-20(17-21)16-19(26-23(22)11-13-30(3)24(26)9-10-25(30)39)6-4-14-45(43)15-5-12-31(33,34)32(35,36)37/h10-11,20-22,26-30,43H,7-9,12-19H2,1-6H3,(H,42,45);7-8,17-19,23-27,39H,4-6,9-16H2,1-3H3,(H,38,42)(H,40,41)/t22-,26-,27+,28+,29-,30+,34+,49?;19-,23-,24+,25+,26-,27+,30+,45?/m11/s1. The zero-order valence-electron chi connectivity index (χ0n) is 55.2. The van der Waals surface area contributed by atoms with Gasteiger partial charge in [0.1, 0.15) is 29.2 Å². The summed E-state index contributed by atoms with van der Waals surface area (Å²) in [6.45, 7) is 16.5. The Morgan fingerprint density at radius 2 is 0.947 bits per heavy atom. The lowest BCUT2D eigenvalue weighted by Gasteiger charge is -2.53. The topological polar surface area (TPSA) is 215 Å². The van der Waals surface area contributed by atoms with Crippen LogP contribution in [-0.4, -0.2) is 125 Å². The second-order valence-corrected chi connectivity index (χ2v) is 32.9. The summed E-state index contributed by atoms with van der Waals surface area (Å²) in [5, 5.41) is 36.3. The molecule has 532 valence electrons. The Bertz CT molecular complexity index is 3020. The van der Waals surface area contributed by atoms with Crippen molar-refractivity contribution in [2.45, 2.75) is 244 Å². The maximum absolute atomic E-state index is 13.3. The average molecular weight is 1390 g/mol. The molecule has 0 spiro atoms. The van der Waals surface area contributed by atoms with Crippen molar-refractivity contribution in [2.75, 3.05) is 23.0 Å². The fourth-order valence-electron chi connectivity index (χ4n) is 16.5. The lowest BCUT2D eigenvalue weighted by Crippen LogP contribution is -2.48. The molecule has 0 saturated heterocycles. The Morgan fingerprint density at radius 1 is 0.574 bits per heavy atom. The van der Waals surface area contributed by atoms with Crippen molar-refractivity contribution < 1.29 is 101 Å². The quantitative estimate of drug-likeness (QED) is 0.0490. The number of hydrogen-bond acceptors (Lipinski definition) is 11. The number of carbonyl (C=O) groups excluding carboxylic acids is 3. The number of halogens is 10. The maximum Gasteiger partial charge on any atom is 0.453 e. The van der Waals surface area contributed by atoms with Crippen molar-refractivity contribution in [1.29, 1.82) is 0 Å². The minimum atomic E-state index is -5.62. The van der Waals surface area contributed by atoms with Crippen LogP contribution in [0.25, 0.3) is 0 Å². The fraction of sp³-hybridized carbons (Fsp3) is 0.765. The number of hydrogen-bond donors (Lipinski definition) is 5. The van der Waals surface area contributed by atoms with E-state index >= 15 is 0 Å². The SMILES string of the molecule is CC(C)[C@H](NC(=O)Oc1ccc2c(c1)C[C@@H](CCCS(=O)CCCC(F)(F)C(F)(F)F)[C@@H]1[C@@H]2CC[C@]2(C)[C@@H](O)CC[C@@H]12)C(=O)O.CC(C)[C@H](NC(=O)Oc1ccc2c(c1)C[C@@H](CCCS(=O)CCCC(F)(F)C(F)(F)F)[C@@H]1[C@@H]2CC[C@]2(C)[C@@H](O)CC[C@@H]12)C(=O)OC(C)(C)C. The van der Waals surface area contributed by atoms with Gasteiger partial charge in [-0.3, -0.25) is 8.42 Å². The van der Waals surface area contributed by atoms with E-state index in [1.54, 1.807) is 66.7 Å². The molecule has 4 saturated carbocycles. The van der Waals surface area contributed by atoms with E-state index in [2.05, 4.69) is 24.5 Å². The van der Waals surface area contributed by atoms with Gasteiger partial charge in [0.15, 0.2) is 0 Å². The first kappa shape index (κ1) is 76.8. The Labute approximate surface area is 550 Å². The van der Waals surface area contributed by atoms with Gasteiger partial charge in [-0.2, -0.15) is 43.9 Å². The number of ether oxygens (including phenoxy) is 3. The molecule has 8 rings (SSSR count). The predicted octanol–water partition coefficient (Wildman–Crippen LogP) is 14.9. The van der Waals surface area contributed by atoms with Gasteiger partial charge in [0, 0.05) is 57.5 Å². The molecule has 0 bridgehead atoms. The normalized spacial score (nSPS) is 28.8. The largest absolute Gasteiger partial charge is 0.480 e. The highest BCUT2D eigenvalue weighted by Crippen LogP contribution is 2.64. The van der Waals surface area contributed by atoms with Gasteiger partial charge in [0.05, 0.1) is 12.2 Å². The number of aliphatic hydroxyl groups excluding tert-OH is 2. The van der Waals surface area contributed by atoms with Gasteiger partial charge in [-0.25, -0.2) is 19.2 Å². The minimum absolute atomic E-state index is 0.144. The average Bonchev–Trinajstić information content (AvgIpc) is 1.41. The van der Waals surface area contributed by atoms with E-state index in [1.807, 2.05) is 18.2 Å². The molecule has 16 atom stereocenters. The van der Waals surface area contributed by atoms with Crippen LogP contribution in [0.2, 0.25) is 0 Å². The zero-order valence-corrected chi connectivity index (χ0v) is 56.8. The number of nitrogens with one attached hydrogen (secondary N) is 2. The highest BCUT2D eigenvalue weighted by molar-refractivity contribution is 7.85. The molecule has 2 unspecified atom stereocenters. The molecule has 2 aromatic carbocycles. The van der Waals surface area contributed by atoms with Gasteiger partial charge in [0.2, 0.25) is 0 Å². The van der Waals surface area contributed by atoms with Crippen LogP contribution < -0.4 is 20.1 Å². The number of alkyl halides is 10. The van der Waals surface area contributed by atoms with Crippen molar-refractivity contribution in [3.63, 3.8) is 0 Å². The molecule has 14 nitrogen and oxygen atoms in total. The summed E-state index contributed by atoms with van der Waals surface area (Å²) < 4.78 is 170. The lowest BCUT2D eigenvalue weighted by atomic mass is 9.52. The Balaban J connectivity index is 0.000000267. The first-order chi connectivity index (χ1) is 43.6. The van der Waals surface area contributed by atoms with Crippen LogP contribution in [0.3, 0.4) is 0 Å². The van der Waals surface area contributed by atoms with E-state index in [4.69, 9.17) is 14.2 Å². The highest BCUT2D eigenvalue weighted by Gasteiger charge is 2.60. The van der Waals surface area contributed by atoms with Crippen LogP contribution in [-0.2, 0) is 48.8 Å². The summed E-state index contributed by atoms with van der Waals surface area (Å²) in [6.07, 6.45) is -6.92. The number of rotatable bonds is 24. The lowest BCUT2D eigenvalue weighted by molar-refractivity contribution is -0.284. The summed E-state index contributed by atoms with van der Waals surface area (Å²) in [5.74, 6) is -9.51. The van der Waals surface area contributed by atoms with Gasteiger partial charge < -0.3 is 40.2 Å². The molecule has 0 heterocycles. The van der Waals surface area contributed by atoms with E-state index in [0.29, 0.717) is 44.3 Å². The summed E-state index contributed by atoms with van der Waals surface area (Å²) in [6, 6.07) is 9.08. The van der Waals surface area contributed by atoms with E-state index in [9.17, 15) is 86.8 Å². The number of aliphatic carboxylic acids is 1. The highest BCUT2D eigenvalue weighted by atomic mass is 32.2. The van der Waals surface area contributed by atoms with Crippen molar-refractivity contribution >= 4 is 45.7 Å². The zero-order chi connectivity index (χ0) is 69.8. The molecule has 6 aliphatic rings. The van der Waals surface area contributed by atoms with Crippen molar-refractivity contribution in [3.05, 3.63) is 58.7 Å². The molecule has 2 aromatic rings. The molecule has 0 aromatic heterocycles. The third-order valence-corrected chi connectivity index (χ3v) is 24.3. The van der Waals surface area contributed by atoms with Crippen LogP contribution in [0.15, 0.2) is 36.4 Å². The molecular formula is C68H96F10N2O12S2. The second-order valence-electron chi connectivity index (χ2n) is 29.5. The number of carboxylic acids is 1. The van der Waals surface area contributed by atoms with E-state index < -0.39 is 113 Å². The van der Waals surface area contributed by atoms with Crippen LogP contribution in [0.4, 0.5) is 53.5 Å². The number of amides is 2. The number of carboxylic acid groups (broad SMARTS) is 1. The summed E-state index contributed by atoms with van der Waals surface area (Å²) in [4.78, 5) is 49.7. The van der Waals surface area contributed by atoms with Crippen molar-refractivity contribution in [2.24, 2.45) is 58.2 Å². The third kappa shape index (κ3) is 18.4. The number of fused-ring (bicyclic) bond motifs is 10. The Hall–Kier alpha value is -4.56. The molecule has 2 amide bonds. The van der Waals surface area contributed by atoms with E-state index in [0.717, 1.165) is 68.1 Å². The Morgan fingerprint density at radius 3 is 1.30 bits per heavy atom. The first-order valence-corrected chi connectivity index (χ1v) is 36.2. The van der Waals surface area contributed by atoms with Crippen molar-refractivity contribution in [3.8, 4) is 11.5 Å². The van der Waals surface area contributed by atoms with E-state index in [-0.39, 0.29) is 111 Å². The van der Waals surface area contributed by atoms with Crippen LogP contribution in [0, 0.1) is 58.2 Å². The van der Waals surface area contributed by atoms with Gasteiger partial charge in [-0.15, -0.1) is 0 Å². The maximum atomic E-state index is 13.3. The minimum Gasteiger partial charge on any atom is -0.480 e. The molecule has 6 aliphatic carbocycles. The van der Waals surface area contributed by atoms with Gasteiger partial charge in [-0.05, 0) is 240 Å². The summed E-state index contributed by atoms with van der Waals surface area (Å²) in [5.41, 5.74) is 3.24. The van der Waals surface area contributed by atoms with Crippen LogP contribution >= 0.6 is 0 Å². The second kappa shape index (κ2) is 30.7. The summed E-state index contributed by atoms with van der Waals surface area (Å²) >= 11 is 0. The monoisotopic (exact) mass is 1390 g/mol. The molecule has 94 heavy (non-hydrogen) atoms. The predicted molar refractivity (Wildman–Crippen MR) is 336 cm³/mol. The smallest absolute Gasteiger partial charge is 0.453 e. The third-order valence-electron chi connectivity index (χ3n) is 21.3. The molecule has 4 fully saturated rings. The van der Waals surface area contributed by atoms with Crippen LogP contribution in [0.5, 0.6) is 11.5 Å². The number of carbonyl (C=O) groups is 4. The number of benzene rings is 2. The van der Waals surface area contributed by atoms with Gasteiger partial charge in [-0.1, -0.05) is 53.7 Å². The molecule has 0 aliphatic heterocycles. The molecule has 5 N–H and O–H groups in total. The molecule has 0 radical (unpaired) electrons. The Kier molecular flexibility index (Phi) is 25.1. The van der Waals surface area contributed by atoms with Gasteiger partial charge in [0.25, 0.3) is 0 Å². The summed E-state index contributed by atoms with van der Waals surface area (Å²) in [7, 11) is -3.06.